The molecule has 0 bridgehead atoms. The van der Waals surface area contributed by atoms with Gasteiger partial charge in [0.15, 0.2) is 0 Å². The molecule has 3 rings (SSSR count). The van der Waals surface area contributed by atoms with Crippen LogP contribution in [-0.2, 0) is 4.74 Å². The van der Waals surface area contributed by atoms with Crippen LogP contribution in [0.4, 0.5) is 0 Å². The summed E-state index contributed by atoms with van der Waals surface area (Å²) >= 11 is 1.73. The number of ether oxygens (including phenoxy) is 1. The molecule has 1 aromatic heterocycles. The molecule has 138 valence electrons. The minimum Gasteiger partial charge on any atom is -0.478 e. The van der Waals surface area contributed by atoms with Gasteiger partial charge in [-0.2, -0.15) is 0 Å². The molecule has 1 atom stereocenters. The van der Waals surface area contributed by atoms with Crippen molar-refractivity contribution in [1.82, 2.24) is 10.2 Å². The number of thiophene rings is 1. The molecule has 1 aliphatic rings. The molecule has 0 spiro atoms. The highest BCUT2D eigenvalue weighted by atomic mass is 32.1. The lowest BCUT2D eigenvalue weighted by molar-refractivity contribution is 0.0169. The van der Waals surface area contributed by atoms with Gasteiger partial charge in [-0.05, 0) is 37.3 Å². The lowest BCUT2D eigenvalue weighted by Gasteiger charge is -2.34. The molecule has 2 heterocycles. The molecule has 2 aromatic rings. The van der Waals surface area contributed by atoms with E-state index in [0.29, 0.717) is 25.3 Å². The van der Waals surface area contributed by atoms with Gasteiger partial charge in [0.2, 0.25) is 0 Å². The average molecular weight is 374 g/mol. The summed E-state index contributed by atoms with van der Waals surface area (Å²) in [6.07, 6.45) is 0. The van der Waals surface area contributed by atoms with Crippen LogP contribution < -0.4 is 5.32 Å². The van der Waals surface area contributed by atoms with E-state index in [2.05, 4.69) is 29.3 Å². The molecule has 26 heavy (non-hydrogen) atoms. The monoisotopic (exact) mass is 374 g/mol. The van der Waals surface area contributed by atoms with Crippen molar-refractivity contribution in [2.75, 3.05) is 32.8 Å². The molecular weight excluding hydrogens is 352 g/mol. The third kappa shape index (κ3) is 4.49. The molecule has 1 unspecified atom stereocenters. The number of nitrogens with zero attached hydrogens (tertiary/aromatic N) is 1. The van der Waals surface area contributed by atoms with Gasteiger partial charge in [-0.25, -0.2) is 4.79 Å². The van der Waals surface area contributed by atoms with Crippen LogP contribution in [0.2, 0.25) is 0 Å². The molecule has 1 aliphatic heterocycles. The van der Waals surface area contributed by atoms with E-state index in [1.807, 2.05) is 0 Å². The van der Waals surface area contributed by atoms with E-state index in [4.69, 9.17) is 9.84 Å². The summed E-state index contributed by atoms with van der Waals surface area (Å²) in [4.78, 5) is 28.4. The minimum atomic E-state index is -1.04. The van der Waals surface area contributed by atoms with Crippen LogP contribution in [0.25, 0.3) is 0 Å². The number of nitrogens with one attached hydrogen (secondary N) is 1. The quantitative estimate of drug-likeness (QED) is 0.812. The Morgan fingerprint density at radius 1 is 1.23 bits per heavy atom. The molecule has 1 fully saturated rings. The van der Waals surface area contributed by atoms with E-state index in [1.165, 1.54) is 21.9 Å². The topological polar surface area (TPSA) is 78.9 Å². The van der Waals surface area contributed by atoms with Crippen LogP contribution in [0, 0.1) is 6.92 Å². The first-order chi connectivity index (χ1) is 12.5. The third-order valence-electron chi connectivity index (χ3n) is 4.40. The second-order valence-corrected chi connectivity index (χ2v) is 7.53. The van der Waals surface area contributed by atoms with Crippen molar-refractivity contribution in [1.29, 1.82) is 0 Å². The standard InChI is InChI=1S/C19H22N2O4S/c1-13-5-6-17(26-13)16(21-7-9-25-10-8-21)12-20-18(22)14-3-2-4-15(11-14)19(23)24/h2-6,11,16H,7-10,12H2,1H3,(H,20,22)(H,23,24). The molecule has 1 amide bonds. The Balaban J connectivity index is 1.71. The lowest BCUT2D eigenvalue weighted by atomic mass is 10.1. The number of aryl methyl sites for hydroxylation is 1. The van der Waals surface area contributed by atoms with Crippen LogP contribution in [0.3, 0.4) is 0 Å². The van der Waals surface area contributed by atoms with E-state index in [1.54, 1.807) is 23.5 Å². The molecule has 7 heteroatoms. The van der Waals surface area contributed by atoms with Crippen LogP contribution in [0.1, 0.15) is 36.5 Å². The molecule has 0 saturated carbocycles. The summed E-state index contributed by atoms with van der Waals surface area (Å²) in [6.45, 7) is 5.57. The summed E-state index contributed by atoms with van der Waals surface area (Å²) in [5, 5.41) is 12.0. The number of carboxylic acid groups (broad SMARTS) is 1. The number of aromatic carboxylic acids is 1. The zero-order valence-electron chi connectivity index (χ0n) is 14.6. The summed E-state index contributed by atoms with van der Waals surface area (Å²) in [5.41, 5.74) is 0.462. The Hall–Kier alpha value is -2.22. The molecule has 0 aliphatic carbocycles. The SMILES string of the molecule is Cc1ccc(C(CNC(=O)c2cccc(C(=O)O)c2)N2CCOCC2)s1. The summed E-state index contributed by atoms with van der Waals surface area (Å²) in [7, 11) is 0. The maximum absolute atomic E-state index is 12.5. The average Bonchev–Trinajstić information content (AvgIpc) is 3.09. The Labute approximate surface area is 156 Å². The van der Waals surface area contributed by atoms with Gasteiger partial charge in [-0.15, -0.1) is 11.3 Å². The number of amides is 1. The van der Waals surface area contributed by atoms with E-state index in [9.17, 15) is 9.59 Å². The van der Waals surface area contributed by atoms with Gasteiger partial charge in [0.25, 0.3) is 5.91 Å². The Bertz CT molecular complexity index is 783. The first kappa shape index (κ1) is 18.6. The van der Waals surface area contributed by atoms with Gasteiger partial charge < -0.3 is 15.2 Å². The first-order valence-corrected chi connectivity index (χ1v) is 9.36. The van der Waals surface area contributed by atoms with Gasteiger partial charge in [-0.3, -0.25) is 9.69 Å². The number of carboxylic acids is 1. The fraction of sp³-hybridized carbons (Fsp3) is 0.368. The number of rotatable bonds is 6. The van der Waals surface area contributed by atoms with Crippen molar-refractivity contribution < 1.29 is 19.4 Å². The maximum Gasteiger partial charge on any atom is 0.335 e. The van der Waals surface area contributed by atoms with E-state index in [0.717, 1.165) is 13.1 Å². The highest BCUT2D eigenvalue weighted by Gasteiger charge is 2.24. The van der Waals surface area contributed by atoms with Crippen molar-refractivity contribution >= 4 is 23.2 Å². The molecule has 1 saturated heterocycles. The normalized spacial score (nSPS) is 16.2. The van der Waals surface area contributed by atoms with E-state index >= 15 is 0 Å². The molecule has 0 radical (unpaired) electrons. The van der Waals surface area contributed by atoms with Gasteiger partial charge in [0.05, 0.1) is 24.8 Å². The third-order valence-corrected chi connectivity index (χ3v) is 5.51. The smallest absolute Gasteiger partial charge is 0.335 e. The highest BCUT2D eigenvalue weighted by Crippen LogP contribution is 2.28. The van der Waals surface area contributed by atoms with Crippen molar-refractivity contribution in [3.63, 3.8) is 0 Å². The summed E-state index contributed by atoms with van der Waals surface area (Å²) in [6, 6.07) is 10.4. The van der Waals surface area contributed by atoms with Gasteiger partial charge in [-0.1, -0.05) is 6.07 Å². The zero-order chi connectivity index (χ0) is 18.5. The number of carbonyl (C=O) groups excluding carboxylic acids is 1. The van der Waals surface area contributed by atoms with E-state index in [-0.39, 0.29) is 17.5 Å². The van der Waals surface area contributed by atoms with Crippen molar-refractivity contribution in [3.05, 3.63) is 57.3 Å². The number of carbonyl (C=O) groups is 2. The Morgan fingerprint density at radius 2 is 1.96 bits per heavy atom. The maximum atomic E-state index is 12.5. The predicted molar refractivity (Wildman–Crippen MR) is 99.9 cm³/mol. The Morgan fingerprint density at radius 3 is 2.62 bits per heavy atom. The van der Waals surface area contributed by atoms with Crippen LogP contribution in [0.15, 0.2) is 36.4 Å². The van der Waals surface area contributed by atoms with Crippen molar-refractivity contribution in [2.24, 2.45) is 0 Å². The van der Waals surface area contributed by atoms with E-state index < -0.39 is 5.97 Å². The van der Waals surface area contributed by atoms with Crippen molar-refractivity contribution in [3.8, 4) is 0 Å². The fourth-order valence-corrected chi connectivity index (χ4v) is 4.03. The lowest BCUT2D eigenvalue weighted by Crippen LogP contribution is -2.43. The fourth-order valence-electron chi connectivity index (χ4n) is 3.02. The molecule has 6 nitrogen and oxygen atoms in total. The Kier molecular flexibility index (Phi) is 6.03. The second kappa shape index (κ2) is 8.44. The first-order valence-electron chi connectivity index (χ1n) is 8.54. The van der Waals surface area contributed by atoms with Crippen LogP contribution >= 0.6 is 11.3 Å². The van der Waals surface area contributed by atoms with Gasteiger partial charge >= 0.3 is 5.97 Å². The molecular formula is C19H22N2O4S. The number of morpholine rings is 1. The van der Waals surface area contributed by atoms with Crippen LogP contribution in [-0.4, -0.2) is 54.7 Å². The minimum absolute atomic E-state index is 0.0872. The predicted octanol–water partition coefficient (Wildman–Crippen LogP) is 2.56. The number of hydrogen-bond donors (Lipinski definition) is 2. The second-order valence-electron chi connectivity index (χ2n) is 6.21. The van der Waals surface area contributed by atoms with Gasteiger partial charge in [0, 0.05) is 35.0 Å². The molecule has 2 N–H and O–H groups in total. The largest absolute Gasteiger partial charge is 0.478 e. The zero-order valence-corrected chi connectivity index (χ0v) is 15.4. The summed E-state index contributed by atoms with van der Waals surface area (Å²) < 4.78 is 5.44. The number of hydrogen-bond acceptors (Lipinski definition) is 5. The van der Waals surface area contributed by atoms with Gasteiger partial charge in [0.1, 0.15) is 0 Å². The highest BCUT2D eigenvalue weighted by molar-refractivity contribution is 7.12. The van der Waals surface area contributed by atoms with Crippen LogP contribution in [0.5, 0.6) is 0 Å². The summed E-state index contributed by atoms with van der Waals surface area (Å²) in [5.74, 6) is -1.31. The number of benzene rings is 1. The van der Waals surface area contributed by atoms with Crippen molar-refractivity contribution in [2.45, 2.75) is 13.0 Å². The molecule has 1 aromatic carbocycles.